The topological polar surface area (TPSA) is 88.9 Å². The van der Waals surface area contributed by atoms with E-state index >= 15 is 0 Å². The Morgan fingerprint density at radius 3 is 2.18 bits per heavy atom. The third kappa shape index (κ3) is 5.84. The van der Waals surface area contributed by atoms with E-state index in [1.807, 2.05) is 6.07 Å². The molecule has 1 aromatic heterocycles. The van der Waals surface area contributed by atoms with Crippen molar-refractivity contribution in [3.05, 3.63) is 102 Å². The first-order valence-corrected chi connectivity index (χ1v) is 11.2. The molecule has 0 saturated carbocycles. The van der Waals surface area contributed by atoms with E-state index in [1.165, 1.54) is 36.4 Å². The van der Waals surface area contributed by atoms with Crippen molar-refractivity contribution in [1.82, 2.24) is 20.1 Å². The number of benzene rings is 3. The highest BCUT2D eigenvalue weighted by atomic mass is 32.2. The number of carbonyl (C=O) groups is 2. The minimum Gasteiger partial charge on any atom is -0.345 e. The Morgan fingerprint density at radius 1 is 0.853 bits per heavy atom. The molecule has 4 aromatic rings. The fourth-order valence-corrected chi connectivity index (χ4v) is 3.84. The van der Waals surface area contributed by atoms with Crippen LogP contribution >= 0.6 is 11.8 Å². The maximum absolute atomic E-state index is 13.5. The zero-order chi connectivity index (χ0) is 23.9. The summed E-state index contributed by atoms with van der Waals surface area (Å²) in [5.41, 5.74) is 1.55. The third-order valence-corrected chi connectivity index (χ3v) is 5.62. The van der Waals surface area contributed by atoms with Crippen LogP contribution in [0.25, 0.3) is 5.69 Å². The van der Waals surface area contributed by atoms with Crippen LogP contribution < -0.4 is 10.6 Å². The van der Waals surface area contributed by atoms with Crippen molar-refractivity contribution in [1.29, 1.82) is 0 Å². The lowest BCUT2D eigenvalue weighted by molar-refractivity contribution is -0.113. The summed E-state index contributed by atoms with van der Waals surface area (Å²) >= 11 is 1.12. The molecule has 0 fully saturated rings. The molecule has 2 N–H and O–H groups in total. The van der Waals surface area contributed by atoms with Crippen molar-refractivity contribution in [2.24, 2.45) is 0 Å². The second-order valence-electron chi connectivity index (χ2n) is 7.10. The van der Waals surface area contributed by atoms with E-state index in [4.69, 9.17) is 0 Å². The van der Waals surface area contributed by atoms with Crippen molar-refractivity contribution in [2.75, 3.05) is 11.1 Å². The molecule has 0 bridgehead atoms. The predicted octanol–water partition coefficient (Wildman–Crippen LogP) is 4.21. The van der Waals surface area contributed by atoms with Gasteiger partial charge in [0.2, 0.25) is 5.91 Å². The normalized spacial score (nSPS) is 10.6. The maximum Gasteiger partial charge on any atom is 0.251 e. The van der Waals surface area contributed by atoms with Crippen LogP contribution in [0.3, 0.4) is 0 Å². The minimum atomic E-state index is -0.399. The largest absolute Gasteiger partial charge is 0.345 e. The van der Waals surface area contributed by atoms with Crippen molar-refractivity contribution in [3.63, 3.8) is 0 Å². The number of hydrogen-bond donors (Lipinski definition) is 2. The molecule has 3 aromatic carbocycles. The molecule has 0 spiro atoms. The molecule has 0 unspecified atom stereocenters. The molecule has 7 nitrogen and oxygen atoms in total. The Morgan fingerprint density at radius 2 is 1.50 bits per heavy atom. The van der Waals surface area contributed by atoms with Crippen LogP contribution in [0.4, 0.5) is 14.5 Å². The zero-order valence-corrected chi connectivity index (χ0v) is 18.6. The molecule has 4 rings (SSSR count). The highest BCUT2D eigenvalue weighted by Gasteiger charge is 2.17. The fraction of sp³-hybridized carbons (Fsp3) is 0.0833. The number of carbonyl (C=O) groups excluding carboxylic acids is 2. The van der Waals surface area contributed by atoms with Gasteiger partial charge in [0.1, 0.15) is 11.6 Å². The molecule has 1 heterocycles. The van der Waals surface area contributed by atoms with Gasteiger partial charge in [-0.25, -0.2) is 8.78 Å². The summed E-state index contributed by atoms with van der Waals surface area (Å²) in [5, 5.41) is 14.2. The van der Waals surface area contributed by atoms with Crippen molar-refractivity contribution in [3.8, 4) is 5.69 Å². The van der Waals surface area contributed by atoms with Gasteiger partial charge in [-0.1, -0.05) is 30.0 Å². The monoisotopic (exact) mass is 479 g/mol. The Bertz CT molecular complexity index is 1280. The Labute approximate surface area is 198 Å². The van der Waals surface area contributed by atoms with E-state index in [-0.39, 0.29) is 24.1 Å². The molecule has 0 aliphatic rings. The van der Waals surface area contributed by atoms with Gasteiger partial charge in [0.25, 0.3) is 5.91 Å². The third-order valence-electron chi connectivity index (χ3n) is 4.69. The van der Waals surface area contributed by atoms with Gasteiger partial charge in [-0.3, -0.25) is 14.2 Å². The lowest BCUT2D eigenvalue weighted by Gasteiger charge is -2.11. The quantitative estimate of drug-likeness (QED) is 0.370. The standard InChI is InChI=1S/C24H19F2N5O2S/c25-17-6-10-19(11-7-17)28-22(32)15-34-24-30-29-21(31(24)20-12-8-18(26)9-13-20)14-27-23(33)16-4-2-1-3-5-16/h1-13H,14-15H2,(H,27,33)(H,28,32). The number of anilines is 1. The molecule has 172 valence electrons. The molecule has 0 radical (unpaired) electrons. The predicted molar refractivity (Wildman–Crippen MR) is 125 cm³/mol. The number of nitrogens with zero attached hydrogens (tertiary/aromatic N) is 3. The maximum atomic E-state index is 13.5. The van der Waals surface area contributed by atoms with Gasteiger partial charge >= 0.3 is 0 Å². The van der Waals surface area contributed by atoms with Crippen molar-refractivity contribution < 1.29 is 18.4 Å². The minimum absolute atomic E-state index is 0.00702. The van der Waals surface area contributed by atoms with Crippen molar-refractivity contribution >= 4 is 29.3 Å². The average molecular weight is 480 g/mol. The summed E-state index contributed by atoms with van der Waals surface area (Å²) in [6, 6.07) is 19.9. The second-order valence-corrected chi connectivity index (χ2v) is 8.05. The van der Waals surface area contributed by atoms with Gasteiger partial charge < -0.3 is 10.6 Å². The first-order valence-electron chi connectivity index (χ1n) is 10.2. The first-order chi connectivity index (χ1) is 16.5. The Balaban J connectivity index is 1.49. The van der Waals surface area contributed by atoms with E-state index in [9.17, 15) is 18.4 Å². The van der Waals surface area contributed by atoms with E-state index in [2.05, 4.69) is 20.8 Å². The number of hydrogen-bond acceptors (Lipinski definition) is 5. The molecule has 0 saturated heterocycles. The van der Waals surface area contributed by atoms with Gasteiger partial charge in [-0.2, -0.15) is 0 Å². The molecular formula is C24H19F2N5O2S. The van der Waals surface area contributed by atoms with Crippen LogP contribution in [-0.4, -0.2) is 32.3 Å². The highest BCUT2D eigenvalue weighted by Crippen LogP contribution is 2.23. The van der Waals surface area contributed by atoms with Crippen LogP contribution in [0, 0.1) is 11.6 Å². The van der Waals surface area contributed by atoms with E-state index in [1.54, 1.807) is 41.0 Å². The SMILES string of the molecule is O=C(CSc1nnc(CNC(=O)c2ccccc2)n1-c1ccc(F)cc1)Nc1ccc(F)cc1. The number of amides is 2. The fourth-order valence-electron chi connectivity index (χ4n) is 3.07. The van der Waals surface area contributed by atoms with E-state index < -0.39 is 11.6 Å². The molecule has 2 amide bonds. The van der Waals surface area contributed by atoms with Gasteiger partial charge in [-0.15, -0.1) is 10.2 Å². The number of halogens is 2. The summed E-state index contributed by atoms with van der Waals surface area (Å²) in [5.74, 6) is -0.966. The van der Waals surface area contributed by atoms with Crippen LogP contribution in [0.2, 0.25) is 0 Å². The lowest BCUT2D eigenvalue weighted by Crippen LogP contribution is -2.24. The summed E-state index contributed by atoms with van der Waals surface area (Å²) < 4.78 is 28.2. The van der Waals surface area contributed by atoms with Gasteiger partial charge in [-0.05, 0) is 60.7 Å². The summed E-state index contributed by atoms with van der Waals surface area (Å²) in [7, 11) is 0. The van der Waals surface area contributed by atoms with Gasteiger partial charge in [0.15, 0.2) is 11.0 Å². The molecule has 0 aliphatic carbocycles. The van der Waals surface area contributed by atoms with Crippen LogP contribution in [0.15, 0.2) is 84.0 Å². The number of aromatic nitrogens is 3. The summed E-state index contributed by atoms with van der Waals surface area (Å²) in [4.78, 5) is 24.8. The average Bonchev–Trinajstić information content (AvgIpc) is 3.26. The van der Waals surface area contributed by atoms with Crippen molar-refractivity contribution in [2.45, 2.75) is 11.7 Å². The highest BCUT2D eigenvalue weighted by molar-refractivity contribution is 7.99. The molecule has 0 aliphatic heterocycles. The second kappa shape index (κ2) is 10.7. The smallest absolute Gasteiger partial charge is 0.251 e. The Kier molecular flexibility index (Phi) is 7.28. The Hall–Kier alpha value is -4.05. The van der Waals surface area contributed by atoms with E-state index in [0.717, 1.165) is 11.8 Å². The zero-order valence-electron chi connectivity index (χ0n) is 17.7. The van der Waals surface area contributed by atoms with E-state index in [0.29, 0.717) is 27.9 Å². The van der Waals surface area contributed by atoms with Crippen LogP contribution in [0.1, 0.15) is 16.2 Å². The molecule has 0 atom stereocenters. The summed E-state index contributed by atoms with van der Waals surface area (Å²) in [6.07, 6.45) is 0. The lowest BCUT2D eigenvalue weighted by atomic mass is 10.2. The molecule has 34 heavy (non-hydrogen) atoms. The summed E-state index contributed by atoms with van der Waals surface area (Å²) in [6.45, 7) is 0.0699. The van der Waals surface area contributed by atoms with Gasteiger partial charge in [0.05, 0.1) is 12.3 Å². The first kappa shape index (κ1) is 23.1. The molecular weight excluding hydrogens is 460 g/mol. The number of nitrogens with one attached hydrogen (secondary N) is 2. The van der Waals surface area contributed by atoms with Crippen LogP contribution in [-0.2, 0) is 11.3 Å². The number of rotatable bonds is 8. The number of thioether (sulfide) groups is 1. The van der Waals surface area contributed by atoms with Gasteiger partial charge in [0, 0.05) is 16.9 Å². The molecule has 10 heteroatoms. The van der Waals surface area contributed by atoms with Crippen LogP contribution in [0.5, 0.6) is 0 Å².